The summed E-state index contributed by atoms with van der Waals surface area (Å²) in [6.07, 6.45) is -0.701. The van der Waals surface area contributed by atoms with Crippen LogP contribution in [0.5, 0.6) is 5.75 Å². The molecule has 0 saturated carbocycles. The zero-order valence-electron chi connectivity index (χ0n) is 11.9. The molecule has 3 N–H and O–H groups in total. The van der Waals surface area contributed by atoms with Crippen molar-refractivity contribution >= 4 is 17.3 Å². The Morgan fingerprint density at radius 3 is 2.52 bits per heavy atom. The van der Waals surface area contributed by atoms with Crippen LogP contribution in [0.15, 0.2) is 42.5 Å². The van der Waals surface area contributed by atoms with Gasteiger partial charge in [0, 0.05) is 11.4 Å². The number of anilines is 2. The van der Waals surface area contributed by atoms with Gasteiger partial charge in [0.15, 0.2) is 6.10 Å². The van der Waals surface area contributed by atoms with Gasteiger partial charge in [-0.3, -0.25) is 4.79 Å². The second-order valence-corrected chi connectivity index (χ2v) is 4.78. The van der Waals surface area contributed by atoms with E-state index in [1.54, 1.807) is 44.2 Å². The van der Waals surface area contributed by atoms with Crippen LogP contribution in [0.3, 0.4) is 0 Å². The average Bonchev–Trinajstić information content (AvgIpc) is 2.45. The molecule has 2 rings (SSSR count). The fourth-order valence-electron chi connectivity index (χ4n) is 1.76. The first-order chi connectivity index (χ1) is 9.95. The van der Waals surface area contributed by atoms with Gasteiger partial charge in [-0.1, -0.05) is 0 Å². The molecule has 0 bridgehead atoms. The van der Waals surface area contributed by atoms with Gasteiger partial charge in [0.25, 0.3) is 5.91 Å². The highest BCUT2D eigenvalue weighted by Crippen LogP contribution is 2.18. The van der Waals surface area contributed by atoms with Crippen LogP contribution in [-0.2, 0) is 4.79 Å². The number of halogens is 1. The number of nitrogens with two attached hydrogens (primary N) is 1. The zero-order chi connectivity index (χ0) is 15.4. The van der Waals surface area contributed by atoms with E-state index in [0.717, 1.165) is 0 Å². The monoisotopic (exact) mass is 288 g/mol. The molecule has 4 nitrogen and oxygen atoms in total. The average molecular weight is 288 g/mol. The van der Waals surface area contributed by atoms with Crippen LogP contribution in [0, 0.1) is 12.7 Å². The maximum Gasteiger partial charge on any atom is 0.265 e. The van der Waals surface area contributed by atoms with E-state index in [0.29, 0.717) is 22.7 Å². The van der Waals surface area contributed by atoms with Crippen molar-refractivity contribution in [2.24, 2.45) is 0 Å². The maximum atomic E-state index is 13.2. The second-order valence-electron chi connectivity index (χ2n) is 4.78. The highest BCUT2D eigenvalue weighted by atomic mass is 19.1. The van der Waals surface area contributed by atoms with Crippen LogP contribution >= 0.6 is 0 Å². The topological polar surface area (TPSA) is 64.3 Å². The molecule has 0 radical (unpaired) electrons. The van der Waals surface area contributed by atoms with Crippen molar-refractivity contribution in [3.05, 3.63) is 53.8 Å². The highest BCUT2D eigenvalue weighted by molar-refractivity contribution is 5.94. The van der Waals surface area contributed by atoms with Crippen molar-refractivity contribution < 1.29 is 13.9 Å². The molecule has 1 atom stereocenters. The van der Waals surface area contributed by atoms with Gasteiger partial charge in [-0.05, 0) is 61.9 Å². The van der Waals surface area contributed by atoms with Crippen molar-refractivity contribution in [1.29, 1.82) is 0 Å². The quantitative estimate of drug-likeness (QED) is 0.850. The van der Waals surface area contributed by atoms with Gasteiger partial charge in [-0.25, -0.2) is 4.39 Å². The summed E-state index contributed by atoms with van der Waals surface area (Å²) in [6.45, 7) is 3.27. The van der Waals surface area contributed by atoms with Crippen LogP contribution in [0.4, 0.5) is 15.8 Å². The van der Waals surface area contributed by atoms with E-state index in [1.165, 1.54) is 12.1 Å². The minimum Gasteiger partial charge on any atom is -0.481 e. The Bertz CT molecular complexity index is 641. The standard InChI is InChI=1S/C16H17FN2O2/c1-10-9-14(7-8-15(10)17)21-11(2)16(20)19-13-5-3-12(18)4-6-13/h3-9,11H,18H2,1-2H3,(H,19,20). The molecule has 0 fully saturated rings. The Morgan fingerprint density at radius 1 is 1.24 bits per heavy atom. The van der Waals surface area contributed by atoms with Crippen LogP contribution in [0.1, 0.15) is 12.5 Å². The van der Waals surface area contributed by atoms with E-state index in [-0.39, 0.29) is 11.7 Å². The lowest BCUT2D eigenvalue weighted by atomic mass is 10.2. The van der Waals surface area contributed by atoms with Crippen molar-refractivity contribution in [3.8, 4) is 5.75 Å². The lowest BCUT2D eigenvalue weighted by molar-refractivity contribution is -0.122. The van der Waals surface area contributed by atoms with Gasteiger partial charge in [0.05, 0.1) is 0 Å². The molecule has 5 heteroatoms. The Balaban J connectivity index is 1.98. The molecule has 1 amide bonds. The summed E-state index contributed by atoms with van der Waals surface area (Å²) in [7, 11) is 0. The van der Waals surface area contributed by atoms with Crippen molar-refractivity contribution in [3.63, 3.8) is 0 Å². The number of hydrogen-bond donors (Lipinski definition) is 2. The molecule has 0 saturated heterocycles. The first-order valence-electron chi connectivity index (χ1n) is 6.55. The summed E-state index contributed by atoms with van der Waals surface area (Å²) < 4.78 is 18.7. The van der Waals surface area contributed by atoms with Crippen molar-refractivity contribution in [2.75, 3.05) is 11.1 Å². The summed E-state index contributed by atoms with van der Waals surface area (Å²) in [6, 6.07) is 11.2. The molecular formula is C16H17FN2O2. The maximum absolute atomic E-state index is 13.2. The molecular weight excluding hydrogens is 271 g/mol. The number of carbonyl (C=O) groups is 1. The number of ether oxygens (including phenoxy) is 1. The third-order valence-electron chi connectivity index (χ3n) is 2.99. The van der Waals surface area contributed by atoms with E-state index in [1.807, 2.05) is 0 Å². The van der Waals surface area contributed by atoms with Crippen LogP contribution in [0.25, 0.3) is 0 Å². The first-order valence-corrected chi connectivity index (χ1v) is 6.55. The number of nitrogen functional groups attached to an aromatic ring is 1. The summed E-state index contributed by atoms with van der Waals surface area (Å²) in [4.78, 5) is 12.0. The Kier molecular flexibility index (Phi) is 4.42. The number of benzene rings is 2. The Labute approximate surface area is 122 Å². The highest BCUT2D eigenvalue weighted by Gasteiger charge is 2.15. The van der Waals surface area contributed by atoms with Gasteiger partial charge in [-0.2, -0.15) is 0 Å². The number of amides is 1. The van der Waals surface area contributed by atoms with E-state index in [4.69, 9.17) is 10.5 Å². The molecule has 1 unspecified atom stereocenters. The molecule has 0 heterocycles. The van der Waals surface area contributed by atoms with E-state index in [2.05, 4.69) is 5.32 Å². The van der Waals surface area contributed by atoms with Gasteiger partial charge >= 0.3 is 0 Å². The minimum atomic E-state index is -0.701. The lowest BCUT2D eigenvalue weighted by Crippen LogP contribution is -2.30. The number of rotatable bonds is 4. The minimum absolute atomic E-state index is 0.290. The first kappa shape index (κ1) is 14.8. The summed E-state index contributed by atoms with van der Waals surface area (Å²) in [5, 5.41) is 2.72. The molecule has 110 valence electrons. The van der Waals surface area contributed by atoms with Gasteiger partial charge in [0.1, 0.15) is 11.6 Å². The van der Waals surface area contributed by atoms with Crippen LogP contribution in [-0.4, -0.2) is 12.0 Å². The predicted molar refractivity (Wildman–Crippen MR) is 80.7 cm³/mol. The predicted octanol–water partition coefficient (Wildman–Crippen LogP) is 3.12. The summed E-state index contributed by atoms with van der Waals surface area (Å²) >= 11 is 0. The lowest BCUT2D eigenvalue weighted by Gasteiger charge is -2.15. The van der Waals surface area contributed by atoms with Gasteiger partial charge in [0.2, 0.25) is 0 Å². The normalized spacial score (nSPS) is 11.8. The van der Waals surface area contributed by atoms with Crippen LogP contribution in [0.2, 0.25) is 0 Å². The molecule has 0 aliphatic rings. The second kappa shape index (κ2) is 6.26. The largest absolute Gasteiger partial charge is 0.481 e. The Morgan fingerprint density at radius 2 is 1.90 bits per heavy atom. The fraction of sp³-hybridized carbons (Fsp3) is 0.188. The van der Waals surface area contributed by atoms with Gasteiger partial charge < -0.3 is 15.8 Å². The number of nitrogens with one attached hydrogen (secondary N) is 1. The van der Waals surface area contributed by atoms with Crippen molar-refractivity contribution in [2.45, 2.75) is 20.0 Å². The number of carbonyl (C=O) groups excluding carboxylic acids is 1. The Hall–Kier alpha value is -2.56. The van der Waals surface area contributed by atoms with E-state index < -0.39 is 6.10 Å². The van der Waals surface area contributed by atoms with Crippen LogP contribution < -0.4 is 15.8 Å². The molecule has 0 aliphatic carbocycles. The van der Waals surface area contributed by atoms with E-state index >= 15 is 0 Å². The van der Waals surface area contributed by atoms with Crippen molar-refractivity contribution in [1.82, 2.24) is 0 Å². The van der Waals surface area contributed by atoms with Gasteiger partial charge in [-0.15, -0.1) is 0 Å². The number of hydrogen-bond acceptors (Lipinski definition) is 3. The fourth-order valence-corrected chi connectivity index (χ4v) is 1.76. The third kappa shape index (κ3) is 3.95. The molecule has 0 aromatic heterocycles. The molecule has 2 aromatic rings. The zero-order valence-corrected chi connectivity index (χ0v) is 11.9. The van der Waals surface area contributed by atoms with E-state index in [9.17, 15) is 9.18 Å². The SMILES string of the molecule is Cc1cc(OC(C)C(=O)Nc2ccc(N)cc2)ccc1F. The third-order valence-corrected chi connectivity index (χ3v) is 2.99. The number of aryl methyl sites for hydroxylation is 1. The smallest absolute Gasteiger partial charge is 0.265 e. The molecule has 0 aliphatic heterocycles. The summed E-state index contributed by atoms with van der Waals surface area (Å²) in [5.74, 6) is -0.142. The molecule has 0 spiro atoms. The molecule has 2 aromatic carbocycles. The summed E-state index contributed by atoms with van der Waals surface area (Å²) in [5.41, 5.74) is 7.31. The molecule has 21 heavy (non-hydrogen) atoms.